The molecule has 158 valence electrons. The first-order valence-corrected chi connectivity index (χ1v) is 11.1. The van der Waals surface area contributed by atoms with Crippen LogP contribution in [0.3, 0.4) is 0 Å². The zero-order valence-corrected chi connectivity index (χ0v) is 19.1. The van der Waals surface area contributed by atoms with Crippen LogP contribution >= 0.6 is 22.6 Å². The standard InChI is InChI=1S/C25H22INO4/c1-25(23(28)29,14-16-7-6-8-17(26)13-16)27-24(30)31-15-22-20-11-4-2-9-18(20)19-10-3-5-12-21(19)22/h2-13,22H,14-15H2,1H3,(H,27,30)(H,28,29)/t25-/m0/s1. The van der Waals surface area contributed by atoms with Gasteiger partial charge in [-0.25, -0.2) is 9.59 Å². The summed E-state index contributed by atoms with van der Waals surface area (Å²) in [5.74, 6) is -1.19. The summed E-state index contributed by atoms with van der Waals surface area (Å²) >= 11 is 2.18. The van der Waals surface area contributed by atoms with E-state index >= 15 is 0 Å². The molecule has 4 rings (SSSR count). The minimum atomic E-state index is -1.48. The van der Waals surface area contributed by atoms with Gasteiger partial charge in [0, 0.05) is 15.9 Å². The van der Waals surface area contributed by atoms with Gasteiger partial charge in [0.2, 0.25) is 0 Å². The number of carbonyl (C=O) groups excluding carboxylic acids is 1. The zero-order chi connectivity index (χ0) is 22.0. The van der Waals surface area contributed by atoms with Crippen molar-refractivity contribution in [1.29, 1.82) is 0 Å². The van der Waals surface area contributed by atoms with Crippen molar-refractivity contribution in [3.05, 3.63) is 93.1 Å². The Morgan fingerprint density at radius 2 is 1.61 bits per heavy atom. The van der Waals surface area contributed by atoms with E-state index in [0.717, 1.165) is 31.4 Å². The van der Waals surface area contributed by atoms with E-state index in [0.29, 0.717) is 0 Å². The third kappa shape index (κ3) is 4.44. The number of fused-ring (bicyclic) bond motifs is 3. The molecular weight excluding hydrogens is 505 g/mol. The van der Waals surface area contributed by atoms with Gasteiger partial charge >= 0.3 is 12.1 Å². The number of hydrogen-bond donors (Lipinski definition) is 2. The van der Waals surface area contributed by atoms with Crippen LogP contribution in [0.5, 0.6) is 0 Å². The number of ether oxygens (including phenoxy) is 1. The van der Waals surface area contributed by atoms with Crippen LogP contribution in [0.15, 0.2) is 72.8 Å². The number of carbonyl (C=O) groups is 2. The molecule has 0 saturated heterocycles. The zero-order valence-electron chi connectivity index (χ0n) is 17.0. The molecule has 0 bridgehead atoms. The van der Waals surface area contributed by atoms with E-state index < -0.39 is 17.6 Å². The van der Waals surface area contributed by atoms with Crippen LogP contribution in [0.25, 0.3) is 11.1 Å². The normalized spacial score (nSPS) is 14.3. The van der Waals surface area contributed by atoms with E-state index in [9.17, 15) is 14.7 Å². The van der Waals surface area contributed by atoms with Crippen molar-refractivity contribution in [1.82, 2.24) is 5.32 Å². The van der Waals surface area contributed by atoms with Crippen LogP contribution in [0, 0.1) is 3.57 Å². The number of hydrogen-bond acceptors (Lipinski definition) is 3. The number of benzene rings is 3. The third-order valence-electron chi connectivity index (χ3n) is 5.64. The molecule has 0 spiro atoms. The van der Waals surface area contributed by atoms with Gasteiger partial charge in [0.05, 0.1) is 0 Å². The number of alkyl carbamates (subject to hydrolysis) is 1. The smallest absolute Gasteiger partial charge is 0.408 e. The summed E-state index contributed by atoms with van der Waals surface area (Å²) in [6, 6.07) is 23.7. The van der Waals surface area contributed by atoms with Crippen LogP contribution in [-0.2, 0) is 16.0 Å². The molecule has 1 atom stereocenters. The van der Waals surface area contributed by atoms with E-state index in [2.05, 4.69) is 40.0 Å². The van der Waals surface area contributed by atoms with Crippen LogP contribution in [-0.4, -0.2) is 29.3 Å². The lowest BCUT2D eigenvalue weighted by Gasteiger charge is -2.26. The predicted molar refractivity (Wildman–Crippen MR) is 127 cm³/mol. The van der Waals surface area contributed by atoms with Crippen LogP contribution in [0.1, 0.15) is 29.5 Å². The molecule has 0 saturated carbocycles. The Balaban J connectivity index is 1.47. The van der Waals surface area contributed by atoms with Crippen molar-refractivity contribution >= 4 is 34.7 Å². The second-order valence-electron chi connectivity index (χ2n) is 7.89. The summed E-state index contributed by atoms with van der Waals surface area (Å²) in [4.78, 5) is 24.6. The first kappa shape index (κ1) is 21.4. The van der Waals surface area contributed by atoms with Crippen molar-refractivity contribution in [2.75, 3.05) is 6.61 Å². The molecule has 1 aliphatic carbocycles. The van der Waals surface area contributed by atoms with Gasteiger partial charge in [-0.15, -0.1) is 0 Å². The number of carboxylic acids is 1. The minimum Gasteiger partial charge on any atom is -0.480 e. The molecule has 1 aliphatic rings. The summed E-state index contributed by atoms with van der Waals surface area (Å²) in [5.41, 5.74) is 3.85. The number of rotatable bonds is 6. The van der Waals surface area contributed by atoms with Gasteiger partial charge in [-0.1, -0.05) is 60.7 Å². The molecule has 0 aliphatic heterocycles. The number of amides is 1. The highest BCUT2D eigenvalue weighted by molar-refractivity contribution is 14.1. The van der Waals surface area contributed by atoms with Crippen molar-refractivity contribution in [3.63, 3.8) is 0 Å². The summed E-state index contributed by atoms with van der Waals surface area (Å²) in [7, 11) is 0. The molecule has 31 heavy (non-hydrogen) atoms. The second kappa shape index (κ2) is 8.70. The first-order chi connectivity index (χ1) is 14.9. The Bertz CT molecular complexity index is 1100. The lowest BCUT2D eigenvalue weighted by molar-refractivity contribution is -0.143. The molecule has 5 nitrogen and oxygen atoms in total. The maximum Gasteiger partial charge on any atom is 0.408 e. The Labute approximate surface area is 194 Å². The summed E-state index contributed by atoms with van der Waals surface area (Å²) in [5, 5.41) is 12.3. The third-order valence-corrected chi connectivity index (χ3v) is 6.31. The summed E-state index contributed by atoms with van der Waals surface area (Å²) in [6.07, 6.45) is -0.582. The van der Waals surface area contributed by atoms with Crippen molar-refractivity contribution in [2.45, 2.75) is 24.8 Å². The molecule has 3 aromatic carbocycles. The maximum absolute atomic E-state index is 12.6. The average molecular weight is 527 g/mol. The van der Waals surface area contributed by atoms with Crippen LogP contribution in [0.4, 0.5) is 4.79 Å². The van der Waals surface area contributed by atoms with Crippen molar-refractivity contribution in [3.8, 4) is 11.1 Å². The monoisotopic (exact) mass is 527 g/mol. The lowest BCUT2D eigenvalue weighted by atomic mass is 9.93. The molecule has 0 radical (unpaired) electrons. The summed E-state index contributed by atoms with van der Waals surface area (Å²) in [6.45, 7) is 1.63. The van der Waals surface area contributed by atoms with Crippen molar-refractivity contribution < 1.29 is 19.4 Å². The molecule has 0 heterocycles. The Morgan fingerprint density at radius 3 is 2.19 bits per heavy atom. The van der Waals surface area contributed by atoms with E-state index in [4.69, 9.17) is 4.74 Å². The SMILES string of the molecule is C[C@@](Cc1cccc(I)c1)(NC(=O)OCC1c2ccccc2-c2ccccc21)C(=O)O. The molecule has 0 unspecified atom stereocenters. The van der Waals surface area contributed by atoms with Gasteiger partial charge in [0.25, 0.3) is 0 Å². The number of halogens is 1. The molecule has 0 fully saturated rings. The number of carboxylic acid groups (broad SMARTS) is 1. The fourth-order valence-corrected chi connectivity index (χ4v) is 4.70. The highest BCUT2D eigenvalue weighted by Gasteiger charge is 2.36. The Morgan fingerprint density at radius 1 is 1.00 bits per heavy atom. The minimum absolute atomic E-state index is 0.0788. The molecular formula is C25H22INO4. The number of aliphatic carboxylic acids is 1. The largest absolute Gasteiger partial charge is 0.480 e. The van der Waals surface area contributed by atoms with E-state index in [1.807, 2.05) is 60.7 Å². The number of nitrogens with one attached hydrogen (secondary N) is 1. The molecule has 3 aromatic rings. The molecule has 6 heteroatoms. The van der Waals surface area contributed by atoms with Gasteiger partial charge in [-0.3, -0.25) is 0 Å². The maximum atomic E-state index is 12.6. The van der Waals surface area contributed by atoms with Gasteiger partial charge < -0.3 is 15.2 Å². The van der Waals surface area contributed by atoms with Crippen molar-refractivity contribution in [2.24, 2.45) is 0 Å². The fourth-order valence-electron chi connectivity index (χ4n) is 4.09. The highest BCUT2D eigenvalue weighted by Crippen LogP contribution is 2.44. The summed E-state index contributed by atoms with van der Waals surface area (Å²) < 4.78 is 6.54. The quantitative estimate of drug-likeness (QED) is 0.432. The topological polar surface area (TPSA) is 75.6 Å². The Hall–Kier alpha value is -2.87. The second-order valence-corrected chi connectivity index (χ2v) is 9.14. The average Bonchev–Trinajstić information content (AvgIpc) is 3.06. The molecule has 2 N–H and O–H groups in total. The van der Waals surface area contributed by atoms with Crippen LogP contribution < -0.4 is 5.32 Å². The predicted octanol–water partition coefficient (Wildman–Crippen LogP) is 5.22. The highest BCUT2D eigenvalue weighted by atomic mass is 127. The van der Waals surface area contributed by atoms with Gasteiger partial charge in [0.15, 0.2) is 0 Å². The fraction of sp³-hybridized carbons (Fsp3) is 0.200. The van der Waals surface area contributed by atoms with E-state index in [1.165, 1.54) is 6.92 Å². The first-order valence-electron chi connectivity index (χ1n) is 9.98. The van der Waals surface area contributed by atoms with Crippen LogP contribution in [0.2, 0.25) is 0 Å². The Kier molecular flexibility index (Phi) is 6.00. The van der Waals surface area contributed by atoms with E-state index in [-0.39, 0.29) is 18.9 Å². The lowest BCUT2D eigenvalue weighted by Crippen LogP contribution is -2.54. The van der Waals surface area contributed by atoms with E-state index in [1.54, 1.807) is 0 Å². The van der Waals surface area contributed by atoms with Gasteiger partial charge in [-0.2, -0.15) is 0 Å². The molecule has 1 amide bonds. The van der Waals surface area contributed by atoms with Gasteiger partial charge in [0.1, 0.15) is 12.1 Å². The van der Waals surface area contributed by atoms with Gasteiger partial charge in [-0.05, 0) is 69.5 Å². The molecule has 0 aromatic heterocycles.